The van der Waals surface area contributed by atoms with Crippen LogP contribution in [0, 0.1) is 0 Å². The second kappa shape index (κ2) is 4.19. The summed E-state index contributed by atoms with van der Waals surface area (Å²) in [5.74, 6) is 0. The third-order valence-electron chi connectivity index (χ3n) is 1.60. The minimum Gasteiger partial charge on any atom is -0.298 e. The highest BCUT2D eigenvalue weighted by Crippen LogP contribution is 2.27. The van der Waals surface area contributed by atoms with Gasteiger partial charge in [0.15, 0.2) is 0 Å². The van der Waals surface area contributed by atoms with Gasteiger partial charge in [-0.1, -0.05) is 37.9 Å². The Balaban J connectivity index is 3.21. The highest BCUT2D eigenvalue weighted by Gasteiger charge is 2.06. The van der Waals surface area contributed by atoms with Crippen LogP contribution in [0.4, 0.5) is 0 Å². The molecule has 1 atom stereocenters. The molecule has 1 rings (SSSR count). The van der Waals surface area contributed by atoms with Crippen LogP contribution in [0.1, 0.15) is 27.7 Å². The second-order valence-electron chi connectivity index (χ2n) is 2.51. The summed E-state index contributed by atoms with van der Waals surface area (Å²) < 4.78 is 0.995. The maximum Gasteiger partial charge on any atom is 0.150 e. The Morgan fingerprint density at radius 2 is 2.17 bits per heavy atom. The van der Waals surface area contributed by atoms with Gasteiger partial charge in [-0.2, -0.15) is 0 Å². The summed E-state index contributed by atoms with van der Waals surface area (Å²) in [6.07, 6.45) is 0.875. The van der Waals surface area contributed by atoms with Crippen LogP contribution < -0.4 is 0 Å². The molecule has 12 heavy (non-hydrogen) atoms. The molecule has 1 unspecified atom stereocenters. The van der Waals surface area contributed by atoms with Gasteiger partial charge in [-0.25, -0.2) is 0 Å². The standard InChI is InChI=1S/C9H8Br2O/c1-6(10)9-4-8(11)3-2-7(9)5-12/h2-6H,1H3. The zero-order valence-corrected chi connectivity index (χ0v) is 9.72. The van der Waals surface area contributed by atoms with Gasteiger partial charge >= 0.3 is 0 Å². The van der Waals surface area contributed by atoms with Crippen molar-refractivity contribution in [2.24, 2.45) is 0 Å². The lowest BCUT2D eigenvalue weighted by Gasteiger charge is -2.06. The molecule has 0 fully saturated rings. The van der Waals surface area contributed by atoms with Crippen molar-refractivity contribution in [3.05, 3.63) is 33.8 Å². The summed E-state index contributed by atoms with van der Waals surface area (Å²) in [6.45, 7) is 1.99. The van der Waals surface area contributed by atoms with Crippen molar-refractivity contribution in [1.82, 2.24) is 0 Å². The molecule has 0 aromatic heterocycles. The smallest absolute Gasteiger partial charge is 0.150 e. The molecule has 0 aliphatic carbocycles. The van der Waals surface area contributed by atoms with E-state index in [1.807, 2.05) is 25.1 Å². The fraction of sp³-hybridized carbons (Fsp3) is 0.222. The lowest BCUT2D eigenvalue weighted by atomic mass is 10.1. The monoisotopic (exact) mass is 290 g/mol. The van der Waals surface area contributed by atoms with E-state index in [2.05, 4.69) is 31.9 Å². The van der Waals surface area contributed by atoms with Gasteiger partial charge < -0.3 is 0 Å². The van der Waals surface area contributed by atoms with Crippen molar-refractivity contribution in [2.45, 2.75) is 11.8 Å². The molecule has 0 radical (unpaired) electrons. The first-order chi connectivity index (χ1) is 5.65. The molecule has 0 heterocycles. The third kappa shape index (κ3) is 2.17. The van der Waals surface area contributed by atoms with Crippen LogP contribution in [0.15, 0.2) is 22.7 Å². The van der Waals surface area contributed by atoms with Crippen molar-refractivity contribution < 1.29 is 4.79 Å². The number of aldehydes is 1. The topological polar surface area (TPSA) is 17.1 Å². The molecule has 0 saturated carbocycles. The van der Waals surface area contributed by atoms with E-state index in [9.17, 15) is 4.79 Å². The quantitative estimate of drug-likeness (QED) is 0.600. The van der Waals surface area contributed by atoms with Crippen LogP contribution in [0.2, 0.25) is 0 Å². The SMILES string of the molecule is CC(Br)c1cc(Br)ccc1C=O. The van der Waals surface area contributed by atoms with Gasteiger partial charge in [0.05, 0.1) is 0 Å². The van der Waals surface area contributed by atoms with Crippen LogP contribution in [0.5, 0.6) is 0 Å². The zero-order chi connectivity index (χ0) is 9.14. The molecule has 0 N–H and O–H groups in total. The van der Waals surface area contributed by atoms with Gasteiger partial charge in [-0.15, -0.1) is 0 Å². The van der Waals surface area contributed by atoms with Gasteiger partial charge in [0.2, 0.25) is 0 Å². The first-order valence-corrected chi connectivity index (χ1v) is 5.24. The molecule has 0 saturated heterocycles. The van der Waals surface area contributed by atoms with E-state index in [1.54, 1.807) is 0 Å². The molecule has 0 amide bonds. The highest BCUT2D eigenvalue weighted by molar-refractivity contribution is 9.10. The largest absolute Gasteiger partial charge is 0.298 e. The number of halogens is 2. The Hall–Kier alpha value is -0.150. The Kier molecular flexibility index (Phi) is 3.47. The molecule has 0 bridgehead atoms. The van der Waals surface area contributed by atoms with Crippen LogP contribution in [0.25, 0.3) is 0 Å². The number of hydrogen-bond donors (Lipinski definition) is 0. The summed E-state index contributed by atoms with van der Waals surface area (Å²) in [5, 5.41) is 0. The first-order valence-electron chi connectivity index (χ1n) is 3.54. The average molecular weight is 292 g/mol. The lowest BCUT2D eigenvalue weighted by molar-refractivity contribution is 0.112. The minimum atomic E-state index is 0.204. The van der Waals surface area contributed by atoms with Crippen molar-refractivity contribution >= 4 is 38.1 Å². The van der Waals surface area contributed by atoms with E-state index in [1.165, 1.54) is 0 Å². The van der Waals surface area contributed by atoms with E-state index in [0.717, 1.165) is 21.9 Å². The van der Waals surface area contributed by atoms with E-state index >= 15 is 0 Å². The molecule has 64 valence electrons. The summed E-state index contributed by atoms with van der Waals surface area (Å²) in [7, 11) is 0. The van der Waals surface area contributed by atoms with E-state index < -0.39 is 0 Å². The van der Waals surface area contributed by atoms with Crippen molar-refractivity contribution in [1.29, 1.82) is 0 Å². The Bertz CT molecular complexity index is 295. The van der Waals surface area contributed by atoms with Gasteiger partial charge in [-0.3, -0.25) is 4.79 Å². The van der Waals surface area contributed by atoms with Gasteiger partial charge in [0.25, 0.3) is 0 Å². The molecule has 3 heteroatoms. The van der Waals surface area contributed by atoms with Crippen LogP contribution >= 0.6 is 31.9 Å². The Labute approximate surface area is 88.4 Å². The van der Waals surface area contributed by atoms with E-state index in [-0.39, 0.29) is 4.83 Å². The number of carbonyl (C=O) groups excluding carboxylic acids is 1. The number of carbonyl (C=O) groups is 1. The summed E-state index contributed by atoms with van der Waals surface area (Å²) in [5.41, 5.74) is 1.75. The molecular formula is C9H8Br2O. The lowest BCUT2D eigenvalue weighted by Crippen LogP contribution is -1.92. The number of alkyl halides is 1. The molecule has 0 aliphatic rings. The molecular weight excluding hydrogens is 284 g/mol. The maximum atomic E-state index is 10.6. The predicted molar refractivity (Wildman–Crippen MR) is 56.9 cm³/mol. The first kappa shape index (κ1) is 9.93. The van der Waals surface area contributed by atoms with Crippen molar-refractivity contribution in [3.63, 3.8) is 0 Å². The van der Waals surface area contributed by atoms with E-state index in [0.29, 0.717) is 0 Å². The van der Waals surface area contributed by atoms with Gasteiger partial charge in [0.1, 0.15) is 6.29 Å². The number of hydrogen-bond acceptors (Lipinski definition) is 1. The van der Waals surface area contributed by atoms with Crippen LogP contribution in [-0.2, 0) is 0 Å². The number of rotatable bonds is 2. The highest BCUT2D eigenvalue weighted by atomic mass is 79.9. The summed E-state index contributed by atoms with van der Waals surface area (Å²) >= 11 is 6.79. The predicted octanol–water partition coefficient (Wildman–Crippen LogP) is 3.72. The van der Waals surface area contributed by atoms with Crippen molar-refractivity contribution in [2.75, 3.05) is 0 Å². The normalized spacial score (nSPS) is 12.6. The number of benzene rings is 1. The fourth-order valence-electron chi connectivity index (χ4n) is 0.997. The Morgan fingerprint density at radius 1 is 1.50 bits per heavy atom. The van der Waals surface area contributed by atoms with Crippen molar-refractivity contribution in [3.8, 4) is 0 Å². The van der Waals surface area contributed by atoms with Crippen LogP contribution in [-0.4, -0.2) is 6.29 Å². The summed E-state index contributed by atoms with van der Waals surface area (Å²) in [6, 6.07) is 5.62. The summed E-state index contributed by atoms with van der Waals surface area (Å²) in [4.78, 5) is 10.8. The fourth-order valence-corrected chi connectivity index (χ4v) is 1.77. The molecule has 0 spiro atoms. The second-order valence-corrected chi connectivity index (χ2v) is 4.80. The van der Waals surface area contributed by atoms with Gasteiger partial charge in [0, 0.05) is 14.9 Å². The third-order valence-corrected chi connectivity index (χ3v) is 2.59. The zero-order valence-electron chi connectivity index (χ0n) is 6.55. The molecule has 0 aliphatic heterocycles. The molecule has 1 aromatic carbocycles. The van der Waals surface area contributed by atoms with E-state index in [4.69, 9.17) is 0 Å². The van der Waals surface area contributed by atoms with Crippen LogP contribution in [0.3, 0.4) is 0 Å². The average Bonchev–Trinajstić information content (AvgIpc) is 2.04. The Morgan fingerprint density at radius 3 is 2.67 bits per heavy atom. The minimum absolute atomic E-state index is 0.204. The molecule has 1 aromatic rings. The molecule has 1 nitrogen and oxygen atoms in total. The maximum absolute atomic E-state index is 10.6. The van der Waals surface area contributed by atoms with Gasteiger partial charge in [-0.05, 0) is 24.6 Å².